The fourth-order valence-electron chi connectivity index (χ4n) is 2.71. The van der Waals surface area contributed by atoms with E-state index in [2.05, 4.69) is 0 Å². The van der Waals surface area contributed by atoms with Crippen LogP contribution in [0.2, 0.25) is 0 Å². The van der Waals surface area contributed by atoms with Crippen LogP contribution in [-0.4, -0.2) is 32.9 Å². The van der Waals surface area contributed by atoms with E-state index in [1.807, 2.05) is 24.3 Å². The molecule has 0 unspecified atom stereocenters. The Bertz CT molecular complexity index is 864. The van der Waals surface area contributed by atoms with Crippen LogP contribution in [0.5, 0.6) is 11.5 Å². The number of Topliss-reactive ketones (excluding diaryl/α,β-unsaturated/α-hetero) is 1. The number of ether oxygens (including phenoxy) is 3. The smallest absolute Gasteiger partial charge is 0.233 e. The molecule has 0 bridgehead atoms. The van der Waals surface area contributed by atoms with E-state index in [0.717, 1.165) is 11.1 Å². The first-order valence-electron chi connectivity index (χ1n) is 7.30. The summed E-state index contributed by atoms with van der Waals surface area (Å²) in [6, 6.07) is 10.8. The highest BCUT2D eigenvalue weighted by molar-refractivity contribution is 6.50. The van der Waals surface area contributed by atoms with Crippen molar-refractivity contribution in [3.63, 3.8) is 0 Å². The molecule has 0 aliphatic heterocycles. The van der Waals surface area contributed by atoms with Crippen molar-refractivity contribution < 1.29 is 23.8 Å². The van der Waals surface area contributed by atoms with Gasteiger partial charge in [0.05, 0.1) is 21.3 Å². The van der Waals surface area contributed by atoms with E-state index in [0.29, 0.717) is 28.4 Å². The van der Waals surface area contributed by atoms with Crippen LogP contribution in [0.3, 0.4) is 0 Å². The number of carbonyl (C=O) groups excluding carboxylic acids is 2. The number of benzene rings is 2. The van der Waals surface area contributed by atoms with Crippen molar-refractivity contribution >= 4 is 17.3 Å². The van der Waals surface area contributed by atoms with Crippen LogP contribution in [0.1, 0.15) is 15.9 Å². The number of hydrogen-bond acceptors (Lipinski definition) is 5. The Morgan fingerprint density at radius 1 is 0.708 bits per heavy atom. The Balaban J connectivity index is 2.12. The van der Waals surface area contributed by atoms with E-state index >= 15 is 0 Å². The van der Waals surface area contributed by atoms with Gasteiger partial charge in [0.25, 0.3) is 0 Å². The van der Waals surface area contributed by atoms with Gasteiger partial charge in [-0.15, -0.1) is 0 Å². The molecular formula is C19H16O5. The molecule has 3 rings (SSSR count). The van der Waals surface area contributed by atoms with E-state index in [4.69, 9.17) is 14.2 Å². The molecule has 1 aliphatic carbocycles. The van der Waals surface area contributed by atoms with Crippen LogP contribution in [0.15, 0.2) is 42.5 Å². The number of ketones is 2. The van der Waals surface area contributed by atoms with Gasteiger partial charge in [-0.05, 0) is 35.4 Å². The zero-order valence-corrected chi connectivity index (χ0v) is 13.6. The van der Waals surface area contributed by atoms with Gasteiger partial charge in [0, 0.05) is 17.2 Å². The number of fused-ring (bicyclic) bond motifs is 1. The summed E-state index contributed by atoms with van der Waals surface area (Å²) in [5.74, 6) is 0.541. The summed E-state index contributed by atoms with van der Waals surface area (Å²) in [6.07, 6.45) is 1.23. The molecule has 5 nitrogen and oxygen atoms in total. The molecule has 0 atom stereocenters. The Labute approximate surface area is 139 Å². The highest BCUT2D eigenvalue weighted by Gasteiger charge is 2.26. The van der Waals surface area contributed by atoms with E-state index in [9.17, 15) is 9.59 Å². The minimum absolute atomic E-state index is 0.351. The van der Waals surface area contributed by atoms with Gasteiger partial charge in [-0.3, -0.25) is 9.59 Å². The Hall–Kier alpha value is -3.08. The van der Waals surface area contributed by atoms with Crippen molar-refractivity contribution in [3.05, 3.63) is 53.6 Å². The molecule has 0 heterocycles. The molecular weight excluding hydrogens is 308 g/mol. The molecule has 24 heavy (non-hydrogen) atoms. The molecule has 0 fully saturated rings. The first-order chi connectivity index (χ1) is 11.6. The van der Waals surface area contributed by atoms with Gasteiger partial charge in [0.2, 0.25) is 11.6 Å². The normalized spacial score (nSPS) is 13.2. The molecule has 0 aromatic heterocycles. The standard InChI is InChI=1S/C19H16O5/c1-22-16-7-5-12(9-18(16)24-3)11-4-6-13-14(8-11)17(23-2)10-15(20)19(13)21/h4-10H,1-3H3. The van der Waals surface area contributed by atoms with Gasteiger partial charge in [-0.2, -0.15) is 0 Å². The third kappa shape index (κ3) is 2.54. The van der Waals surface area contributed by atoms with E-state index in [1.54, 1.807) is 26.4 Å². The topological polar surface area (TPSA) is 61.8 Å². The molecule has 2 aromatic rings. The predicted molar refractivity (Wildman–Crippen MR) is 89.3 cm³/mol. The summed E-state index contributed by atoms with van der Waals surface area (Å²) in [4.78, 5) is 23.7. The summed E-state index contributed by atoms with van der Waals surface area (Å²) in [7, 11) is 4.63. The van der Waals surface area contributed by atoms with E-state index in [1.165, 1.54) is 13.2 Å². The van der Waals surface area contributed by atoms with Gasteiger partial charge < -0.3 is 14.2 Å². The van der Waals surface area contributed by atoms with Crippen molar-refractivity contribution in [1.82, 2.24) is 0 Å². The SMILES string of the molecule is COC1=CC(=O)C(=O)c2ccc(-c3ccc(OC)c(OC)c3)cc21. The van der Waals surface area contributed by atoms with Crippen molar-refractivity contribution in [1.29, 1.82) is 0 Å². The van der Waals surface area contributed by atoms with Gasteiger partial charge in [0.15, 0.2) is 11.5 Å². The molecule has 2 aromatic carbocycles. The molecule has 122 valence electrons. The minimum atomic E-state index is -0.571. The lowest BCUT2D eigenvalue weighted by molar-refractivity contribution is -0.111. The van der Waals surface area contributed by atoms with E-state index in [-0.39, 0.29) is 0 Å². The number of rotatable bonds is 4. The summed E-state index contributed by atoms with van der Waals surface area (Å²) in [5.41, 5.74) is 2.73. The van der Waals surface area contributed by atoms with Crippen LogP contribution in [0.25, 0.3) is 16.9 Å². The summed E-state index contributed by atoms with van der Waals surface area (Å²) >= 11 is 0. The lowest BCUT2D eigenvalue weighted by Crippen LogP contribution is -2.19. The molecule has 0 saturated carbocycles. The lowest BCUT2D eigenvalue weighted by atomic mass is 9.90. The highest BCUT2D eigenvalue weighted by atomic mass is 16.5. The maximum absolute atomic E-state index is 12.0. The maximum Gasteiger partial charge on any atom is 0.233 e. The van der Waals surface area contributed by atoms with Gasteiger partial charge in [-0.1, -0.05) is 12.1 Å². The second-order valence-corrected chi connectivity index (χ2v) is 5.24. The average Bonchev–Trinajstić information content (AvgIpc) is 2.63. The largest absolute Gasteiger partial charge is 0.496 e. The molecule has 0 saturated heterocycles. The third-order valence-electron chi connectivity index (χ3n) is 3.95. The van der Waals surface area contributed by atoms with Gasteiger partial charge in [-0.25, -0.2) is 0 Å². The molecule has 5 heteroatoms. The number of allylic oxidation sites excluding steroid dienone is 1. The zero-order valence-electron chi connectivity index (χ0n) is 13.6. The highest BCUT2D eigenvalue weighted by Crippen LogP contribution is 2.35. The minimum Gasteiger partial charge on any atom is -0.496 e. The Morgan fingerprint density at radius 2 is 1.38 bits per heavy atom. The molecule has 0 spiro atoms. The van der Waals surface area contributed by atoms with Crippen LogP contribution >= 0.6 is 0 Å². The summed E-state index contributed by atoms with van der Waals surface area (Å²) in [5, 5.41) is 0. The molecule has 0 amide bonds. The lowest BCUT2D eigenvalue weighted by Gasteiger charge is -2.17. The average molecular weight is 324 g/mol. The van der Waals surface area contributed by atoms with Crippen molar-refractivity contribution in [2.24, 2.45) is 0 Å². The number of methoxy groups -OCH3 is 3. The number of carbonyl (C=O) groups is 2. The fourth-order valence-corrected chi connectivity index (χ4v) is 2.71. The number of hydrogen-bond donors (Lipinski definition) is 0. The monoisotopic (exact) mass is 324 g/mol. The second-order valence-electron chi connectivity index (χ2n) is 5.24. The van der Waals surface area contributed by atoms with Crippen molar-refractivity contribution in [3.8, 4) is 22.6 Å². The zero-order chi connectivity index (χ0) is 17.3. The molecule has 0 N–H and O–H groups in total. The first-order valence-corrected chi connectivity index (χ1v) is 7.30. The van der Waals surface area contributed by atoms with Crippen LogP contribution in [-0.2, 0) is 9.53 Å². The van der Waals surface area contributed by atoms with E-state index < -0.39 is 11.6 Å². The Morgan fingerprint density at radius 3 is 2.04 bits per heavy atom. The van der Waals surface area contributed by atoms with Crippen molar-refractivity contribution in [2.75, 3.05) is 21.3 Å². The predicted octanol–water partition coefficient (Wildman–Crippen LogP) is 3.12. The molecule has 0 radical (unpaired) electrons. The van der Waals surface area contributed by atoms with Crippen LogP contribution in [0.4, 0.5) is 0 Å². The summed E-state index contributed by atoms with van der Waals surface area (Å²) < 4.78 is 15.8. The quantitative estimate of drug-likeness (QED) is 0.809. The second kappa shape index (κ2) is 6.20. The van der Waals surface area contributed by atoms with Crippen molar-refractivity contribution in [2.45, 2.75) is 0 Å². The van der Waals surface area contributed by atoms with Gasteiger partial charge >= 0.3 is 0 Å². The van der Waals surface area contributed by atoms with Crippen LogP contribution < -0.4 is 9.47 Å². The third-order valence-corrected chi connectivity index (χ3v) is 3.95. The molecule has 1 aliphatic rings. The Kier molecular flexibility index (Phi) is 4.08. The fraction of sp³-hybridized carbons (Fsp3) is 0.158. The summed E-state index contributed by atoms with van der Waals surface area (Å²) in [6.45, 7) is 0. The van der Waals surface area contributed by atoms with Crippen LogP contribution in [0, 0.1) is 0 Å². The first kappa shape index (κ1) is 15.8. The maximum atomic E-state index is 12.0. The van der Waals surface area contributed by atoms with Gasteiger partial charge in [0.1, 0.15) is 5.76 Å².